The zero-order chi connectivity index (χ0) is 23.5. The second kappa shape index (κ2) is 9.55. The molecule has 1 aliphatic heterocycles. The summed E-state index contributed by atoms with van der Waals surface area (Å²) in [5, 5.41) is 5.86. The minimum atomic E-state index is -4.49. The summed E-state index contributed by atoms with van der Waals surface area (Å²) < 4.78 is 45.2. The van der Waals surface area contributed by atoms with Gasteiger partial charge in [0, 0.05) is 30.5 Å². The fraction of sp³-hybridized carbons (Fsp3) is 0.440. The van der Waals surface area contributed by atoms with Gasteiger partial charge in [0.25, 0.3) is 5.91 Å². The molecule has 2 aliphatic rings. The number of anilines is 1. The number of carbonyl (C=O) groups excluding carboxylic acids is 2. The first-order valence-corrected chi connectivity index (χ1v) is 11.3. The lowest BCUT2D eigenvalue weighted by atomic mass is 9.73. The Labute approximate surface area is 190 Å². The maximum absolute atomic E-state index is 13.4. The highest BCUT2D eigenvalue weighted by Crippen LogP contribution is 2.39. The van der Waals surface area contributed by atoms with Crippen molar-refractivity contribution < 1.29 is 27.5 Å². The molecule has 5 nitrogen and oxygen atoms in total. The van der Waals surface area contributed by atoms with Crippen molar-refractivity contribution in [2.24, 2.45) is 0 Å². The first-order valence-electron chi connectivity index (χ1n) is 11.3. The van der Waals surface area contributed by atoms with Gasteiger partial charge >= 0.3 is 6.18 Å². The zero-order valence-electron chi connectivity index (χ0n) is 18.2. The third kappa shape index (κ3) is 5.21. The minimum Gasteiger partial charge on any atom is -0.381 e. The highest BCUT2D eigenvalue weighted by molar-refractivity contribution is 6.00. The summed E-state index contributed by atoms with van der Waals surface area (Å²) in [4.78, 5) is 25.8. The van der Waals surface area contributed by atoms with Gasteiger partial charge in [0.2, 0.25) is 5.91 Å². The van der Waals surface area contributed by atoms with Crippen LogP contribution in [0.2, 0.25) is 0 Å². The largest absolute Gasteiger partial charge is 0.416 e. The maximum atomic E-state index is 13.4. The summed E-state index contributed by atoms with van der Waals surface area (Å²) in [6.45, 7) is 0.563. The third-order valence-electron chi connectivity index (χ3n) is 6.62. The van der Waals surface area contributed by atoms with Crippen molar-refractivity contribution in [3.8, 4) is 0 Å². The van der Waals surface area contributed by atoms with Crippen LogP contribution >= 0.6 is 0 Å². The number of halogens is 3. The number of ether oxygens (including phenoxy) is 1. The molecule has 0 bridgehead atoms. The number of rotatable bonds is 5. The molecule has 2 N–H and O–H groups in total. The number of hydrogen-bond acceptors (Lipinski definition) is 3. The molecule has 0 spiro atoms. The average Bonchev–Trinajstić information content (AvgIpc) is 3.32. The van der Waals surface area contributed by atoms with Crippen molar-refractivity contribution in [2.45, 2.75) is 56.2 Å². The van der Waals surface area contributed by atoms with E-state index in [1.54, 1.807) is 30.3 Å². The highest BCUT2D eigenvalue weighted by atomic mass is 19.4. The molecule has 2 amide bonds. The van der Waals surface area contributed by atoms with Crippen molar-refractivity contribution in [2.75, 3.05) is 18.5 Å². The van der Waals surface area contributed by atoms with Gasteiger partial charge in [0.05, 0.1) is 11.0 Å². The predicted molar refractivity (Wildman–Crippen MR) is 118 cm³/mol. The predicted octanol–water partition coefficient (Wildman–Crippen LogP) is 5.06. The van der Waals surface area contributed by atoms with Gasteiger partial charge in [0.15, 0.2) is 0 Å². The Hall–Kier alpha value is -2.87. The molecule has 1 saturated carbocycles. The molecule has 0 atom stereocenters. The van der Waals surface area contributed by atoms with E-state index < -0.39 is 17.2 Å². The van der Waals surface area contributed by atoms with Crippen LogP contribution in [0.1, 0.15) is 60.0 Å². The quantitative estimate of drug-likeness (QED) is 0.655. The van der Waals surface area contributed by atoms with Crippen LogP contribution in [0.3, 0.4) is 0 Å². The van der Waals surface area contributed by atoms with Crippen molar-refractivity contribution in [3.63, 3.8) is 0 Å². The first-order chi connectivity index (χ1) is 15.8. The van der Waals surface area contributed by atoms with Crippen LogP contribution in [-0.4, -0.2) is 31.1 Å². The average molecular weight is 460 g/mol. The Kier molecular flexibility index (Phi) is 6.74. The van der Waals surface area contributed by atoms with Gasteiger partial charge in [-0.05, 0) is 61.6 Å². The molecule has 1 aliphatic carbocycles. The SMILES string of the molecule is O=C(NC1CCCC1)c1ccc(NC(=O)C2(c3cccc(C(F)(F)F)c3)CCOCC2)cc1. The maximum Gasteiger partial charge on any atom is 0.416 e. The van der Waals surface area contributed by atoms with Gasteiger partial charge < -0.3 is 15.4 Å². The fourth-order valence-corrected chi connectivity index (χ4v) is 4.65. The van der Waals surface area contributed by atoms with E-state index >= 15 is 0 Å². The number of benzene rings is 2. The van der Waals surface area contributed by atoms with Crippen molar-refractivity contribution in [3.05, 3.63) is 65.2 Å². The van der Waals surface area contributed by atoms with E-state index in [2.05, 4.69) is 10.6 Å². The molecule has 2 fully saturated rings. The highest BCUT2D eigenvalue weighted by Gasteiger charge is 2.43. The Bertz CT molecular complexity index is 993. The van der Waals surface area contributed by atoms with E-state index in [9.17, 15) is 22.8 Å². The number of amides is 2. The molecule has 8 heteroatoms. The van der Waals surface area contributed by atoms with E-state index in [0.717, 1.165) is 37.8 Å². The summed E-state index contributed by atoms with van der Waals surface area (Å²) in [5.74, 6) is -0.530. The Morgan fingerprint density at radius 2 is 1.64 bits per heavy atom. The Morgan fingerprint density at radius 3 is 2.27 bits per heavy atom. The summed E-state index contributed by atoms with van der Waals surface area (Å²) in [7, 11) is 0. The van der Waals surface area contributed by atoms with Crippen molar-refractivity contribution in [1.29, 1.82) is 0 Å². The van der Waals surface area contributed by atoms with E-state index in [1.165, 1.54) is 6.07 Å². The molecule has 0 aromatic heterocycles. The van der Waals surface area contributed by atoms with Gasteiger partial charge in [-0.25, -0.2) is 0 Å². The molecular weight excluding hydrogens is 433 g/mol. The third-order valence-corrected chi connectivity index (χ3v) is 6.62. The minimum absolute atomic E-state index is 0.148. The molecule has 176 valence electrons. The lowest BCUT2D eigenvalue weighted by Gasteiger charge is -2.36. The van der Waals surface area contributed by atoms with Gasteiger partial charge in [-0.15, -0.1) is 0 Å². The normalized spacial score (nSPS) is 18.6. The summed E-state index contributed by atoms with van der Waals surface area (Å²) in [6, 6.07) is 11.7. The summed E-state index contributed by atoms with van der Waals surface area (Å²) in [6.07, 6.45) is 0.281. The fourth-order valence-electron chi connectivity index (χ4n) is 4.65. The molecular formula is C25H27F3N2O3. The monoisotopic (exact) mass is 460 g/mol. The number of alkyl halides is 3. The van der Waals surface area contributed by atoms with Gasteiger partial charge in [-0.1, -0.05) is 31.0 Å². The number of carbonyl (C=O) groups is 2. The van der Waals surface area contributed by atoms with Crippen LogP contribution in [0.25, 0.3) is 0 Å². The van der Waals surface area contributed by atoms with Crippen LogP contribution < -0.4 is 10.6 Å². The van der Waals surface area contributed by atoms with Gasteiger partial charge in [-0.3, -0.25) is 9.59 Å². The molecule has 0 unspecified atom stereocenters. The van der Waals surface area contributed by atoms with Crippen LogP contribution in [0.15, 0.2) is 48.5 Å². The molecule has 4 rings (SSSR count). The van der Waals surface area contributed by atoms with Gasteiger partial charge in [-0.2, -0.15) is 13.2 Å². The molecule has 1 heterocycles. The number of nitrogens with one attached hydrogen (secondary N) is 2. The van der Waals surface area contributed by atoms with Crippen molar-refractivity contribution >= 4 is 17.5 Å². The topological polar surface area (TPSA) is 67.4 Å². The van der Waals surface area contributed by atoms with Crippen LogP contribution in [0.4, 0.5) is 18.9 Å². The molecule has 0 radical (unpaired) electrons. The molecule has 33 heavy (non-hydrogen) atoms. The van der Waals surface area contributed by atoms with E-state index in [4.69, 9.17) is 4.74 Å². The second-order valence-electron chi connectivity index (χ2n) is 8.76. The molecule has 1 saturated heterocycles. The van der Waals surface area contributed by atoms with Crippen LogP contribution in [0.5, 0.6) is 0 Å². The zero-order valence-corrected chi connectivity index (χ0v) is 18.2. The summed E-state index contributed by atoms with van der Waals surface area (Å²) in [5.41, 5.74) is -0.603. The Balaban J connectivity index is 1.51. The lowest BCUT2D eigenvalue weighted by Crippen LogP contribution is -2.45. The first kappa shape index (κ1) is 23.3. The second-order valence-corrected chi connectivity index (χ2v) is 8.76. The van der Waals surface area contributed by atoms with Crippen LogP contribution in [-0.2, 0) is 21.1 Å². The molecule has 2 aromatic rings. The van der Waals surface area contributed by atoms with E-state index in [1.807, 2.05) is 0 Å². The van der Waals surface area contributed by atoms with E-state index in [0.29, 0.717) is 16.8 Å². The lowest BCUT2D eigenvalue weighted by molar-refractivity contribution is -0.138. The van der Waals surface area contributed by atoms with Crippen molar-refractivity contribution in [1.82, 2.24) is 5.32 Å². The molecule has 2 aromatic carbocycles. The van der Waals surface area contributed by atoms with Gasteiger partial charge in [0.1, 0.15) is 0 Å². The van der Waals surface area contributed by atoms with Crippen LogP contribution in [0, 0.1) is 0 Å². The standard InChI is InChI=1S/C25H27F3N2O3/c26-25(27,28)19-5-3-4-18(16-19)24(12-14-33-15-13-24)23(32)30-21-10-8-17(9-11-21)22(31)29-20-6-1-2-7-20/h3-5,8-11,16,20H,1-2,6-7,12-15H2,(H,29,31)(H,30,32). The van der Waals surface area contributed by atoms with E-state index in [-0.39, 0.29) is 43.9 Å². The summed E-state index contributed by atoms with van der Waals surface area (Å²) >= 11 is 0. The smallest absolute Gasteiger partial charge is 0.381 e. The Morgan fingerprint density at radius 1 is 0.970 bits per heavy atom. The number of hydrogen-bond donors (Lipinski definition) is 2.